The predicted molar refractivity (Wildman–Crippen MR) is 53.8 cm³/mol. The first kappa shape index (κ1) is 13.8. The van der Waals surface area contributed by atoms with E-state index in [1.165, 1.54) is 0 Å². The van der Waals surface area contributed by atoms with E-state index in [4.69, 9.17) is 14.7 Å². The van der Waals surface area contributed by atoms with Crippen LogP contribution in [0.15, 0.2) is 0 Å². The minimum Gasteiger partial charge on any atom is -0.326 e. The summed E-state index contributed by atoms with van der Waals surface area (Å²) in [5.74, 6) is -1.30. The summed E-state index contributed by atoms with van der Waals surface area (Å²) in [6, 6.07) is 0. The van der Waals surface area contributed by atoms with Crippen molar-refractivity contribution in [3.05, 3.63) is 0 Å². The molecule has 0 amide bonds. The third-order valence-corrected chi connectivity index (χ3v) is 1.89. The Kier molecular flexibility index (Phi) is 8.08. The van der Waals surface area contributed by atoms with E-state index >= 15 is 0 Å². The molecule has 0 aliphatic rings. The second kappa shape index (κ2) is 8.17. The summed E-state index contributed by atoms with van der Waals surface area (Å²) in [5, 5.41) is 8.63. The molecule has 1 N–H and O–H groups in total. The Morgan fingerprint density at radius 3 is 1.71 bits per heavy atom. The molecule has 0 saturated heterocycles. The summed E-state index contributed by atoms with van der Waals surface area (Å²) in [5.41, 5.74) is 0. The minimum absolute atomic E-state index is 0.527. The maximum absolute atomic E-state index is 8.63. The molecule has 0 spiro atoms. The monoisotopic (exact) mass is 206 g/mol. The van der Waals surface area contributed by atoms with Crippen molar-refractivity contribution in [1.82, 2.24) is 0 Å². The highest BCUT2D eigenvalue weighted by Gasteiger charge is 2.26. The summed E-state index contributed by atoms with van der Waals surface area (Å²) in [6.45, 7) is 6.76. The van der Waals surface area contributed by atoms with E-state index in [0.29, 0.717) is 13.2 Å². The molecule has 0 saturated carbocycles. The van der Waals surface area contributed by atoms with E-state index in [-0.39, 0.29) is 0 Å². The van der Waals surface area contributed by atoms with Crippen LogP contribution in [0.2, 0.25) is 0 Å². The van der Waals surface area contributed by atoms with Crippen molar-refractivity contribution >= 4 is 0 Å². The van der Waals surface area contributed by atoms with Gasteiger partial charge in [-0.2, -0.15) is 4.89 Å². The summed E-state index contributed by atoms with van der Waals surface area (Å²) >= 11 is 0. The molecule has 0 bridgehead atoms. The van der Waals surface area contributed by atoms with Crippen LogP contribution >= 0.6 is 0 Å². The number of unbranched alkanes of at least 4 members (excludes halogenated alkanes) is 2. The van der Waals surface area contributed by atoms with Gasteiger partial charge < -0.3 is 9.47 Å². The Morgan fingerprint density at radius 2 is 1.43 bits per heavy atom. The summed E-state index contributed by atoms with van der Waals surface area (Å²) in [7, 11) is 0. The smallest absolute Gasteiger partial charge is 0.308 e. The molecule has 0 aliphatic carbocycles. The lowest BCUT2D eigenvalue weighted by Crippen LogP contribution is -2.35. The Bertz CT molecular complexity index is 117. The van der Waals surface area contributed by atoms with Crippen LogP contribution in [0.4, 0.5) is 0 Å². The number of hydrogen-bond donors (Lipinski definition) is 1. The Labute approximate surface area is 86.1 Å². The van der Waals surface area contributed by atoms with E-state index in [1.54, 1.807) is 6.92 Å². The first-order chi connectivity index (χ1) is 6.68. The highest BCUT2D eigenvalue weighted by Crippen LogP contribution is 2.14. The lowest BCUT2D eigenvalue weighted by atomic mass is 10.3. The fraction of sp³-hybridized carbons (Fsp3) is 1.00. The first-order valence-corrected chi connectivity index (χ1v) is 5.29. The Morgan fingerprint density at radius 1 is 1.00 bits per heavy atom. The van der Waals surface area contributed by atoms with Crippen molar-refractivity contribution in [2.45, 2.75) is 52.4 Å². The zero-order chi connectivity index (χ0) is 10.9. The average Bonchev–Trinajstić information content (AvgIpc) is 2.19. The second-order valence-electron chi connectivity index (χ2n) is 3.36. The zero-order valence-electron chi connectivity index (χ0n) is 9.41. The van der Waals surface area contributed by atoms with Crippen LogP contribution in [0.1, 0.15) is 46.5 Å². The third-order valence-electron chi connectivity index (χ3n) is 1.89. The third kappa shape index (κ3) is 6.32. The number of rotatable bonds is 9. The van der Waals surface area contributed by atoms with Crippen LogP contribution in [0.25, 0.3) is 0 Å². The normalized spacial score (nSPS) is 12.0. The van der Waals surface area contributed by atoms with Crippen LogP contribution in [-0.2, 0) is 14.4 Å². The van der Waals surface area contributed by atoms with Gasteiger partial charge in [0.15, 0.2) is 0 Å². The molecule has 4 heteroatoms. The van der Waals surface area contributed by atoms with E-state index < -0.39 is 5.97 Å². The molecule has 4 nitrogen and oxygen atoms in total. The SMILES string of the molecule is CCCCOC(C)(OO)OCCCC. The Hall–Kier alpha value is -0.160. The van der Waals surface area contributed by atoms with Crippen LogP contribution in [-0.4, -0.2) is 24.4 Å². The van der Waals surface area contributed by atoms with Crippen LogP contribution in [0, 0.1) is 0 Å². The van der Waals surface area contributed by atoms with E-state index in [0.717, 1.165) is 25.7 Å². The molecule has 14 heavy (non-hydrogen) atoms. The summed E-state index contributed by atoms with van der Waals surface area (Å²) in [4.78, 5) is 4.19. The summed E-state index contributed by atoms with van der Waals surface area (Å²) in [6.07, 6.45) is 3.93. The fourth-order valence-electron chi connectivity index (χ4n) is 0.898. The van der Waals surface area contributed by atoms with Gasteiger partial charge in [0.1, 0.15) is 0 Å². The molecule has 0 fully saturated rings. The van der Waals surface area contributed by atoms with Crippen molar-refractivity contribution in [3.8, 4) is 0 Å². The largest absolute Gasteiger partial charge is 0.326 e. The standard InChI is InChI=1S/C10H22O4/c1-4-6-8-12-10(3,14-11)13-9-7-5-2/h11H,4-9H2,1-3H3. The maximum Gasteiger partial charge on any atom is 0.308 e. The fourth-order valence-corrected chi connectivity index (χ4v) is 0.898. The van der Waals surface area contributed by atoms with Crippen LogP contribution in [0.3, 0.4) is 0 Å². The maximum atomic E-state index is 8.63. The molecule has 0 aromatic carbocycles. The molecule has 0 unspecified atom stereocenters. The number of hydrogen-bond acceptors (Lipinski definition) is 4. The Balaban J connectivity index is 3.67. The van der Waals surface area contributed by atoms with Gasteiger partial charge in [0.05, 0.1) is 13.2 Å². The number of ether oxygens (including phenoxy) is 2. The molecule has 0 aromatic rings. The highest BCUT2D eigenvalue weighted by atomic mass is 17.2. The predicted octanol–water partition coefficient (Wildman–Crippen LogP) is 2.78. The van der Waals surface area contributed by atoms with Gasteiger partial charge in [-0.05, 0) is 12.8 Å². The highest BCUT2D eigenvalue weighted by molar-refractivity contribution is 4.46. The molecule has 0 radical (unpaired) electrons. The molecular formula is C10H22O4. The molecule has 0 aliphatic heterocycles. The second-order valence-corrected chi connectivity index (χ2v) is 3.36. The van der Waals surface area contributed by atoms with Crippen molar-refractivity contribution in [2.75, 3.05) is 13.2 Å². The summed E-state index contributed by atoms with van der Waals surface area (Å²) < 4.78 is 10.5. The van der Waals surface area contributed by atoms with Crippen molar-refractivity contribution < 1.29 is 19.6 Å². The van der Waals surface area contributed by atoms with Gasteiger partial charge in [0.2, 0.25) is 0 Å². The van der Waals surface area contributed by atoms with Crippen molar-refractivity contribution in [2.24, 2.45) is 0 Å². The topological polar surface area (TPSA) is 47.9 Å². The molecule has 86 valence electrons. The van der Waals surface area contributed by atoms with Crippen LogP contribution < -0.4 is 0 Å². The first-order valence-electron chi connectivity index (χ1n) is 5.29. The zero-order valence-corrected chi connectivity index (χ0v) is 9.41. The lowest BCUT2D eigenvalue weighted by molar-refractivity contribution is -0.484. The molecule has 0 heterocycles. The van der Waals surface area contributed by atoms with E-state index in [2.05, 4.69) is 18.7 Å². The quantitative estimate of drug-likeness (QED) is 0.273. The van der Waals surface area contributed by atoms with Gasteiger partial charge in [-0.1, -0.05) is 26.7 Å². The minimum atomic E-state index is -1.30. The van der Waals surface area contributed by atoms with E-state index in [1.807, 2.05) is 0 Å². The molecular weight excluding hydrogens is 184 g/mol. The van der Waals surface area contributed by atoms with Crippen LogP contribution in [0.5, 0.6) is 0 Å². The van der Waals surface area contributed by atoms with Crippen molar-refractivity contribution in [3.63, 3.8) is 0 Å². The van der Waals surface area contributed by atoms with Gasteiger partial charge in [-0.3, -0.25) is 0 Å². The van der Waals surface area contributed by atoms with Gasteiger partial charge in [0.25, 0.3) is 0 Å². The van der Waals surface area contributed by atoms with E-state index in [9.17, 15) is 0 Å². The van der Waals surface area contributed by atoms with Gasteiger partial charge in [0, 0.05) is 6.92 Å². The van der Waals surface area contributed by atoms with Gasteiger partial charge >= 0.3 is 5.97 Å². The average molecular weight is 206 g/mol. The van der Waals surface area contributed by atoms with Gasteiger partial charge in [-0.25, -0.2) is 5.26 Å². The lowest BCUT2D eigenvalue weighted by Gasteiger charge is -2.25. The molecule has 0 atom stereocenters. The molecule has 0 aromatic heterocycles. The van der Waals surface area contributed by atoms with Crippen molar-refractivity contribution in [1.29, 1.82) is 0 Å². The molecule has 0 rings (SSSR count). The van der Waals surface area contributed by atoms with Gasteiger partial charge in [-0.15, -0.1) is 0 Å².